The average molecular weight is 506 g/mol. The van der Waals surface area contributed by atoms with E-state index in [0.717, 1.165) is 4.57 Å². The summed E-state index contributed by atoms with van der Waals surface area (Å²) in [6, 6.07) is 15.8. The van der Waals surface area contributed by atoms with Gasteiger partial charge in [-0.15, -0.1) is 0 Å². The molecule has 1 aromatic heterocycles. The van der Waals surface area contributed by atoms with Crippen LogP contribution in [0.4, 0.5) is 4.39 Å². The number of rotatable bonds is 8. The van der Waals surface area contributed by atoms with Crippen molar-refractivity contribution in [2.45, 2.75) is 33.0 Å². The fourth-order valence-corrected chi connectivity index (χ4v) is 4.14. The molecular formula is C28H28FN3O5. The number of ether oxygens (including phenoxy) is 2. The molecule has 0 aliphatic rings. The minimum Gasteiger partial charge on any atom is -0.493 e. The van der Waals surface area contributed by atoms with Gasteiger partial charge >= 0.3 is 5.69 Å². The predicted octanol–water partition coefficient (Wildman–Crippen LogP) is 3.55. The van der Waals surface area contributed by atoms with Gasteiger partial charge < -0.3 is 14.8 Å². The highest BCUT2D eigenvalue weighted by molar-refractivity contribution is 5.94. The van der Waals surface area contributed by atoms with Crippen molar-refractivity contribution in [3.63, 3.8) is 0 Å². The van der Waals surface area contributed by atoms with E-state index in [4.69, 9.17) is 9.47 Å². The van der Waals surface area contributed by atoms with Crippen molar-refractivity contribution in [2.75, 3.05) is 14.2 Å². The summed E-state index contributed by atoms with van der Waals surface area (Å²) in [4.78, 5) is 39.4. The molecule has 1 amide bonds. The zero-order chi connectivity index (χ0) is 26.7. The van der Waals surface area contributed by atoms with Crippen molar-refractivity contribution in [3.8, 4) is 11.5 Å². The molecule has 3 aromatic carbocycles. The van der Waals surface area contributed by atoms with Gasteiger partial charge in [-0.1, -0.05) is 24.3 Å². The van der Waals surface area contributed by atoms with Crippen LogP contribution in [-0.2, 0) is 13.1 Å². The number of benzene rings is 3. The number of carbonyl (C=O) groups is 1. The summed E-state index contributed by atoms with van der Waals surface area (Å²) in [5, 5.41) is 3.08. The smallest absolute Gasteiger partial charge is 0.332 e. The number of methoxy groups -OCH3 is 2. The number of aromatic nitrogens is 2. The Balaban J connectivity index is 1.84. The fraction of sp³-hybridized carbons (Fsp3) is 0.250. The molecule has 0 bridgehead atoms. The van der Waals surface area contributed by atoms with E-state index in [1.807, 2.05) is 13.8 Å². The third kappa shape index (κ3) is 5.40. The molecule has 0 aliphatic carbocycles. The molecule has 0 aliphatic heterocycles. The van der Waals surface area contributed by atoms with Crippen LogP contribution in [0.15, 0.2) is 70.3 Å². The molecule has 0 saturated heterocycles. The monoisotopic (exact) mass is 505 g/mol. The van der Waals surface area contributed by atoms with Crippen molar-refractivity contribution in [3.05, 3.63) is 104 Å². The molecule has 192 valence electrons. The van der Waals surface area contributed by atoms with Crippen LogP contribution in [0.2, 0.25) is 0 Å². The van der Waals surface area contributed by atoms with Crippen LogP contribution in [0.25, 0.3) is 10.9 Å². The van der Waals surface area contributed by atoms with E-state index in [9.17, 15) is 18.8 Å². The molecule has 0 unspecified atom stereocenters. The fourth-order valence-electron chi connectivity index (χ4n) is 4.14. The van der Waals surface area contributed by atoms with Crippen molar-refractivity contribution >= 4 is 16.8 Å². The van der Waals surface area contributed by atoms with Crippen molar-refractivity contribution in [2.24, 2.45) is 0 Å². The van der Waals surface area contributed by atoms with Crippen LogP contribution in [-0.4, -0.2) is 35.3 Å². The van der Waals surface area contributed by atoms with Crippen LogP contribution in [0.3, 0.4) is 0 Å². The zero-order valence-electron chi connectivity index (χ0n) is 21.1. The Hall–Kier alpha value is -4.40. The maximum Gasteiger partial charge on any atom is 0.332 e. The van der Waals surface area contributed by atoms with E-state index in [2.05, 4.69) is 5.32 Å². The minimum atomic E-state index is -0.560. The van der Waals surface area contributed by atoms with E-state index in [1.54, 1.807) is 42.5 Å². The van der Waals surface area contributed by atoms with E-state index < -0.39 is 17.1 Å². The lowest BCUT2D eigenvalue weighted by atomic mass is 10.1. The largest absolute Gasteiger partial charge is 0.493 e. The molecule has 0 radical (unpaired) electrons. The van der Waals surface area contributed by atoms with Crippen molar-refractivity contribution in [1.82, 2.24) is 14.5 Å². The van der Waals surface area contributed by atoms with Gasteiger partial charge in [-0.05, 0) is 55.3 Å². The number of fused-ring (bicyclic) bond motifs is 1. The molecule has 1 heterocycles. The number of hydrogen-bond acceptors (Lipinski definition) is 5. The summed E-state index contributed by atoms with van der Waals surface area (Å²) in [5.74, 6) is 0.0665. The highest BCUT2D eigenvalue weighted by Crippen LogP contribution is 2.30. The SMILES string of the molecule is COc1cc2c(=O)n(Cc3ccc(C(=O)NC(C)C)cc3)c(=O)n(Cc3cccc(F)c3)c2cc1OC. The third-order valence-corrected chi connectivity index (χ3v) is 5.94. The molecule has 0 fully saturated rings. The van der Waals surface area contributed by atoms with Crippen LogP contribution in [0.1, 0.15) is 35.3 Å². The van der Waals surface area contributed by atoms with E-state index >= 15 is 0 Å². The Labute approximate surface area is 212 Å². The highest BCUT2D eigenvalue weighted by Gasteiger charge is 2.18. The van der Waals surface area contributed by atoms with Crippen LogP contribution in [0, 0.1) is 5.82 Å². The maximum absolute atomic E-state index is 13.9. The summed E-state index contributed by atoms with van der Waals surface area (Å²) in [6.07, 6.45) is 0. The number of nitrogens with one attached hydrogen (secondary N) is 1. The van der Waals surface area contributed by atoms with Crippen LogP contribution < -0.4 is 26.0 Å². The molecule has 37 heavy (non-hydrogen) atoms. The number of halogens is 1. The molecule has 8 nitrogen and oxygen atoms in total. The first-order valence-electron chi connectivity index (χ1n) is 11.8. The summed E-state index contributed by atoms with van der Waals surface area (Å²) < 4.78 is 27.2. The van der Waals surface area contributed by atoms with E-state index in [-0.39, 0.29) is 30.4 Å². The lowest BCUT2D eigenvalue weighted by Crippen LogP contribution is -2.40. The Morgan fingerprint density at radius 2 is 1.54 bits per heavy atom. The van der Waals surface area contributed by atoms with Gasteiger partial charge in [-0.2, -0.15) is 0 Å². The van der Waals surface area contributed by atoms with Gasteiger partial charge in [-0.3, -0.25) is 18.7 Å². The first kappa shape index (κ1) is 25.7. The Bertz CT molecular complexity index is 1570. The van der Waals surface area contributed by atoms with Gasteiger partial charge in [0.2, 0.25) is 0 Å². The molecule has 0 spiro atoms. The topological polar surface area (TPSA) is 91.6 Å². The van der Waals surface area contributed by atoms with E-state index in [0.29, 0.717) is 33.7 Å². The number of nitrogens with zero attached hydrogens (tertiary/aromatic N) is 2. The summed E-state index contributed by atoms with van der Waals surface area (Å²) in [5.41, 5.74) is 0.979. The third-order valence-electron chi connectivity index (χ3n) is 5.94. The van der Waals surface area contributed by atoms with Gasteiger partial charge in [-0.25, -0.2) is 9.18 Å². The molecule has 0 saturated carbocycles. The lowest BCUT2D eigenvalue weighted by Gasteiger charge is -2.17. The minimum absolute atomic E-state index is 0.00414. The van der Waals surface area contributed by atoms with Gasteiger partial charge in [0.25, 0.3) is 11.5 Å². The number of carbonyl (C=O) groups excluding carboxylic acids is 1. The quantitative estimate of drug-likeness (QED) is 0.396. The Morgan fingerprint density at radius 3 is 2.16 bits per heavy atom. The second-order valence-corrected chi connectivity index (χ2v) is 8.94. The van der Waals surface area contributed by atoms with Crippen molar-refractivity contribution < 1.29 is 18.7 Å². The zero-order valence-corrected chi connectivity index (χ0v) is 21.1. The second-order valence-electron chi connectivity index (χ2n) is 8.94. The molecular weight excluding hydrogens is 477 g/mol. The molecule has 4 rings (SSSR count). The second kappa shape index (κ2) is 10.7. The van der Waals surface area contributed by atoms with Gasteiger partial charge in [0.15, 0.2) is 11.5 Å². The summed E-state index contributed by atoms with van der Waals surface area (Å²) in [6.45, 7) is 3.77. The van der Waals surface area contributed by atoms with Crippen LogP contribution in [0.5, 0.6) is 11.5 Å². The van der Waals surface area contributed by atoms with E-state index in [1.165, 1.54) is 37.0 Å². The standard InChI is InChI=1S/C28H28FN3O5/c1-17(2)30-26(33)20-10-8-18(9-11-20)15-32-27(34)22-13-24(36-3)25(37-4)14-23(22)31(28(32)35)16-19-6-5-7-21(29)12-19/h5-14,17H,15-16H2,1-4H3,(H,30,33). The van der Waals surface area contributed by atoms with Gasteiger partial charge in [0.1, 0.15) is 5.82 Å². The maximum atomic E-state index is 13.9. The molecule has 1 N–H and O–H groups in total. The molecule has 4 aromatic rings. The number of amides is 1. The summed E-state index contributed by atoms with van der Waals surface area (Å²) >= 11 is 0. The Morgan fingerprint density at radius 1 is 0.892 bits per heavy atom. The molecule has 9 heteroatoms. The predicted molar refractivity (Wildman–Crippen MR) is 139 cm³/mol. The first-order valence-corrected chi connectivity index (χ1v) is 11.8. The first-order chi connectivity index (χ1) is 17.7. The average Bonchev–Trinajstić information content (AvgIpc) is 2.88. The highest BCUT2D eigenvalue weighted by atomic mass is 19.1. The van der Waals surface area contributed by atoms with Gasteiger partial charge in [0.05, 0.1) is 38.2 Å². The summed E-state index contributed by atoms with van der Waals surface area (Å²) in [7, 11) is 2.92. The number of hydrogen-bond donors (Lipinski definition) is 1. The lowest BCUT2D eigenvalue weighted by molar-refractivity contribution is 0.0943. The van der Waals surface area contributed by atoms with Crippen LogP contribution >= 0.6 is 0 Å². The normalized spacial score (nSPS) is 11.1. The van der Waals surface area contributed by atoms with Crippen molar-refractivity contribution in [1.29, 1.82) is 0 Å². The molecule has 0 atom stereocenters. The van der Waals surface area contributed by atoms with Gasteiger partial charge in [0, 0.05) is 17.7 Å². The Kier molecular flexibility index (Phi) is 7.42.